The topological polar surface area (TPSA) is 88.9 Å². The largest absolute Gasteiger partial charge is 0.490 e. The van der Waals surface area contributed by atoms with Gasteiger partial charge in [-0.2, -0.15) is 5.26 Å². The molecule has 1 fully saturated rings. The third kappa shape index (κ3) is 4.94. The summed E-state index contributed by atoms with van der Waals surface area (Å²) in [6, 6.07) is 7.05. The molecule has 0 aromatic heterocycles. The highest BCUT2D eigenvalue weighted by Gasteiger charge is 2.39. The van der Waals surface area contributed by atoms with Crippen LogP contribution in [0.1, 0.15) is 56.3 Å². The van der Waals surface area contributed by atoms with Gasteiger partial charge in [-0.3, -0.25) is 4.79 Å². The van der Waals surface area contributed by atoms with Crippen molar-refractivity contribution in [2.24, 2.45) is 0 Å². The van der Waals surface area contributed by atoms with Crippen molar-refractivity contribution in [2.45, 2.75) is 51.5 Å². The molecule has 1 aliphatic carbocycles. The molecule has 0 unspecified atom stereocenters. The van der Waals surface area contributed by atoms with E-state index in [9.17, 15) is 14.9 Å². The minimum absolute atomic E-state index is 0.273. The molecule has 2 rings (SSSR count). The van der Waals surface area contributed by atoms with Crippen LogP contribution in [0.3, 0.4) is 0 Å². The molecule has 7 heteroatoms. The van der Waals surface area contributed by atoms with Crippen molar-refractivity contribution in [3.8, 4) is 17.6 Å². The number of nitriles is 1. The van der Waals surface area contributed by atoms with Crippen molar-refractivity contribution in [2.75, 3.05) is 26.9 Å². The van der Waals surface area contributed by atoms with E-state index in [1.807, 2.05) is 13.8 Å². The highest BCUT2D eigenvalue weighted by molar-refractivity contribution is 5.92. The van der Waals surface area contributed by atoms with Crippen molar-refractivity contribution in [3.05, 3.63) is 23.8 Å². The summed E-state index contributed by atoms with van der Waals surface area (Å²) in [5, 5.41) is 9.59. The van der Waals surface area contributed by atoms with Crippen molar-refractivity contribution in [1.82, 2.24) is 4.90 Å². The van der Waals surface area contributed by atoms with E-state index in [1.54, 1.807) is 25.2 Å². The van der Waals surface area contributed by atoms with E-state index in [2.05, 4.69) is 6.07 Å². The average molecular weight is 388 g/mol. The molecule has 152 valence electrons. The summed E-state index contributed by atoms with van der Waals surface area (Å²) < 4.78 is 16.2. The minimum Gasteiger partial charge on any atom is -0.490 e. The van der Waals surface area contributed by atoms with Gasteiger partial charge in [0.1, 0.15) is 5.54 Å². The van der Waals surface area contributed by atoms with Gasteiger partial charge in [-0.05, 0) is 44.9 Å². The van der Waals surface area contributed by atoms with E-state index in [0.717, 1.165) is 19.3 Å². The van der Waals surface area contributed by atoms with E-state index < -0.39 is 18.1 Å². The molecule has 1 aromatic rings. The second-order valence-corrected chi connectivity index (χ2v) is 6.76. The van der Waals surface area contributed by atoms with Crippen molar-refractivity contribution >= 4 is 11.9 Å². The first-order valence-corrected chi connectivity index (χ1v) is 9.72. The Morgan fingerprint density at radius 2 is 1.75 bits per heavy atom. The maximum atomic E-state index is 12.5. The Hall–Kier alpha value is -2.75. The minimum atomic E-state index is -0.803. The molecule has 1 aromatic carbocycles. The smallest absolute Gasteiger partial charge is 0.338 e. The van der Waals surface area contributed by atoms with Gasteiger partial charge in [0.2, 0.25) is 0 Å². The van der Waals surface area contributed by atoms with Gasteiger partial charge in [-0.15, -0.1) is 0 Å². The molecular formula is C21H28N2O5. The average Bonchev–Trinajstić information content (AvgIpc) is 2.73. The van der Waals surface area contributed by atoms with Crippen LogP contribution in [0.5, 0.6) is 11.5 Å². The van der Waals surface area contributed by atoms with Crippen LogP contribution in [-0.4, -0.2) is 49.2 Å². The predicted molar refractivity (Wildman–Crippen MR) is 103 cm³/mol. The van der Waals surface area contributed by atoms with Gasteiger partial charge in [-0.1, -0.05) is 19.3 Å². The van der Waals surface area contributed by atoms with Crippen molar-refractivity contribution in [1.29, 1.82) is 5.26 Å². The van der Waals surface area contributed by atoms with E-state index in [-0.39, 0.29) is 11.5 Å². The summed E-state index contributed by atoms with van der Waals surface area (Å²) in [5.41, 5.74) is -0.529. The fourth-order valence-electron chi connectivity index (χ4n) is 3.38. The van der Waals surface area contributed by atoms with Gasteiger partial charge in [0.15, 0.2) is 18.1 Å². The molecule has 0 aliphatic heterocycles. The number of benzene rings is 1. The molecule has 0 radical (unpaired) electrons. The monoisotopic (exact) mass is 388 g/mol. The van der Waals surface area contributed by atoms with Gasteiger partial charge < -0.3 is 19.1 Å². The molecule has 1 saturated carbocycles. The van der Waals surface area contributed by atoms with Crippen LogP contribution in [0.4, 0.5) is 0 Å². The highest BCUT2D eigenvalue weighted by atomic mass is 16.5. The number of nitrogens with zero attached hydrogens (tertiary/aromatic N) is 2. The van der Waals surface area contributed by atoms with Gasteiger partial charge in [0.25, 0.3) is 5.91 Å². The Balaban J connectivity index is 2.02. The van der Waals surface area contributed by atoms with E-state index >= 15 is 0 Å². The lowest BCUT2D eigenvalue weighted by atomic mass is 9.81. The first-order chi connectivity index (χ1) is 13.5. The number of likely N-dealkylation sites (N-methyl/N-ethyl adjacent to an activating group) is 1. The van der Waals surface area contributed by atoms with Crippen LogP contribution in [0.2, 0.25) is 0 Å². The van der Waals surface area contributed by atoms with E-state index in [0.29, 0.717) is 37.6 Å². The molecule has 0 N–H and O–H groups in total. The third-order valence-corrected chi connectivity index (χ3v) is 5.01. The Morgan fingerprint density at radius 1 is 1.11 bits per heavy atom. The maximum absolute atomic E-state index is 12.5. The van der Waals surface area contributed by atoms with Crippen LogP contribution >= 0.6 is 0 Å². The fourth-order valence-corrected chi connectivity index (χ4v) is 3.38. The van der Waals surface area contributed by atoms with Crippen molar-refractivity contribution < 1.29 is 23.8 Å². The summed E-state index contributed by atoms with van der Waals surface area (Å²) in [7, 11) is 1.61. The molecule has 1 amide bonds. The van der Waals surface area contributed by atoms with E-state index in [4.69, 9.17) is 14.2 Å². The zero-order valence-electron chi connectivity index (χ0n) is 16.8. The molecule has 0 saturated heterocycles. The van der Waals surface area contributed by atoms with Gasteiger partial charge in [0, 0.05) is 7.05 Å². The lowest BCUT2D eigenvalue weighted by Gasteiger charge is -2.38. The summed E-state index contributed by atoms with van der Waals surface area (Å²) in [6.45, 7) is 4.20. The molecule has 0 spiro atoms. The molecule has 0 atom stereocenters. The lowest BCUT2D eigenvalue weighted by molar-refractivity contribution is -0.138. The molecule has 0 bridgehead atoms. The number of esters is 1. The van der Waals surface area contributed by atoms with Crippen LogP contribution in [0.25, 0.3) is 0 Å². The molecule has 28 heavy (non-hydrogen) atoms. The number of hydrogen-bond acceptors (Lipinski definition) is 6. The maximum Gasteiger partial charge on any atom is 0.338 e. The van der Waals surface area contributed by atoms with Crippen LogP contribution in [0.15, 0.2) is 18.2 Å². The Labute approximate surface area is 166 Å². The molecule has 1 aliphatic rings. The molecular weight excluding hydrogens is 360 g/mol. The Kier molecular flexibility index (Phi) is 7.68. The SMILES string of the molecule is CCOc1ccc(C(=O)OCC(=O)N(C)C2(C#N)CCCCC2)cc1OCC. The number of rotatable bonds is 8. The predicted octanol–water partition coefficient (Wildman–Crippen LogP) is 3.33. The van der Waals surface area contributed by atoms with Crippen LogP contribution in [-0.2, 0) is 9.53 Å². The zero-order chi connectivity index (χ0) is 20.6. The third-order valence-electron chi connectivity index (χ3n) is 5.01. The number of amides is 1. The standard InChI is InChI=1S/C21H28N2O5/c1-4-26-17-10-9-16(13-18(17)27-5-2)20(25)28-14-19(24)23(3)21(15-22)11-7-6-8-12-21/h9-10,13H,4-8,11-12,14H2,1-3H3. The first kappa shape index (κ1) is 21.5. The number of hydrogen-bond donors (Lipinski definition) is 0. The summed E-state index contributed by atoms with van der Waals surface area (Å²) in [6.07, 6.45) is 4.20. The van der Waals surface area contributed by atoms with Crippen LogP contribution < -0.4 is 9.47 Å². The Bertz CT molecular complexity index is 735. The number of ether oxygens (including phenoxy) is 3. The summed E-state index contributed by atoms with van der Waals surface area (Å²) >= 11 is 0. The van der Waals surface area contributed by atoms with Gasteiger partial charge >= 0.3 is 5.97 Å². The highest BCUT2D eigenvalue weighted by Crippen LogP contribution is 2.32. The molecule has 0 heterocycles. The number of carbonyl (C=O) groups is 2. The van der Waals surface area contributed by atoms with E-state index in [1.165, 1.54) is 4.90 Å². The van der Waals surface area contributed by atoms with Gasteiger partial charge in [0.05, 0.1) is 24.8 Å². The normalized spacial score (nSPS) is 15.2. The van der Waals surface area contributed by atoms with Crippen LogP contribution in [0, 0.1) is 11.3 Å². The van der Waals surface area contributed by atoms with Crippen molar-refractivity contribution in [3.63, 3.8) is 0 Å². The molecule has 7 nitrogen and oxygen atoms in total. The zero-order valence-corrected chi connectivity index (χ0v) is 16.8. The quantitative estimate of drug-likeness (QED) is 0.635. The lowest BCUT2D eigenvalue weighted by Crippen LogP contribution is -2.51. The van der Waals surface area contributed by atoms with Gasteiger partial charge in [-0.25, -0.2) is 4.79 Å². The first-order valence-electron chi connectivity index (χ1n) is 9.72. The fraction of sp³-hybridized carbons (Fsp3) is 0.571. The second-order valence-electron chi connectivity index (χ2n) is 6.76. The summed E-state index contributed by atoms with van der Waals surface area (Å²) in [4.78, 5) is 26.3. The number of carbonyl (C=O) groups excluding carboxylic acids is 2. The Morgan fingerprint density at radius 3 is 2.36 bits per heavy atom. The summed E-state index contributed by atoms with van der Waals surface area (Å²) in [5.74, 6) is -0.00831. The second kappa shape index (κ2) is 9.98.